The van der Waals surface area contributed by atoms with Crippen LogP contribution in [-0.4, -0.2) is 15.0 Å². The van der Waals surface area contributed by atoms with Gasteiger partial charge in [-0.05, 0) is 12.8 Å². The van der Waals surface area contributed by atoms with Gasteiger partial charge >= 0.3 is 0 Å². The van der Waals surface area contributed by atoms with E-state index in [0.29, 0.717) is 11.9 Å². The van der Waals surface area contributed by atoms with E-state index in [2.05, 4.69) is 10.3 Å². The summed E-state index contributed by atoms with van der Waals surface area (Å²) in [7, 11) is 0. The first-order valence-corrected chi connectivity index (χ1v) is 5.90. The quantitative estimate of drug-likeness (QED) is 0.559. The Kier molecular flexibility index (Phi) is 3.40. The van der Waals surface area contributed by atoms with E-state index in [1.54, 1.807) is 0 Å². The van der Waals surface area contributed by atoms with Crippen molar-refractivity contribution in [3.8, 4) is 0 Å². The third-order valence-electron chi connectivity index (χ3n) is 2.89. The van der Waals surface area contributed by atoms with Gasteiger partial charge in [0.05, 0.1) is 17.6 Å². The Morgan fingerprint density at radius 1 is 1.29 bits per heavy atom. The standard InChI is InChI=1S/C10H16ClN3/c11-7-9-8-14(13-12-9)10-5-3-1-2-4-6-10/h8,10H,1-7H2. The summed E-state index contributed by atoms with van der Waals surface area (Å²) in [5.41, 5.74) is 0.885. The van der Waals surface area contributed by atoms with E-state index in [1.807, 2.05) is 10.9 Å². The molecule has 0 unspecified atom stereocenters. The maximum atomic E-state index is 5.70. The second-order valence-corrected chi connectivity index (χ2v) is 4.24. The average molecular weight is 214 g/mol. The minimum atomic E-state index is 0.465. The molecule has 0 N–H and O–H groups in total. The van der Waals surface area contributed by atoms with Crippen molar-refractivity contribution in [2.75, 3.05) is 0 Å². The number of hydrogen-bond donors (Lipinski definition) is 0. The van der Waals surface area contributed by atoms with Gasteiger partial charge in [-0.1, -0.05) is 30.9 Å². The molecule has 3 nitrogen and oxygen atoms in total. The van der Waals surface area contributed by atoms with Crippen LogP contribution in [0.25, 0.3) is 0 Å². The first-order chi connectivity index (χ1) is 6.90. The van der Waals surface area contributed by atoms with Gasteiger partial charge in [-0.3, -0.25) is 0 Å². The molecule has 0 aromatic carbocycles. The van der Waals surface area contributed by atoms with E-state index in [4.69, 9.17) is 11.6 Å². The number of aromatic nitrogens is 3. The molecule has 1 aromatic rings. The van der Waals surface area contributed by atoms with Crippen LogP contribution in [0, 0.1) is 0 Å². The molecule has 0 radical (unpaired) electrons. The highest BCUT2D eigenvalue weighted by molar-refractivity contribution is 6.16. The molecular formula is C10H16ClN3. The monoisotopic (exact) mass is 213 g/mol. The van der Waals surface area contributed by atoms with Crippen molar-refractivity contribution in [1.29, 1.82) is 0 Å². The summed E-state index contributed by atoms with van der Waals surface area (Å²) in [6.07, 6.45) is 9.85. The largest absolute Gasteiger partial charge is 0.249 e. The van der Waals surface area contributed by atoms with E-state index < -0.39 is 0 Å². The average Bonchev–Trinajstić information content (AvgIpc) is 2.53. The summed E-state index contributed by atoms with van der Waals surface area (Å²) in [6.45, 7) is 0. The van der Waals surface area contributed by atoms with Crippen LogP contribution in [0.4, 0.5) is 0 Å². The number of halogens is 1. The molecule has 0 atom stereocenters. The zero-order chi connectivity index (χ0) is 9.80. The van der Waals surface area contributed by atoms with Crippen LogP contribution in [-0.2, 0) is 5.88 Å². The highest BCUT2D eigenvalue weighted by Crippen LogP contribution is 2.26. The fourth-order valence-corrected chi connectivity index (χ4v) is 2.20. The summed E-state index contributed by atoms with van der Waals surface area (Å²) >= 11 is 5.70. The Morgan fingerprint density at radius 3 is 2.57 bits per heavy atom. The minimum Gasteiger partial charge on any atom is -0.249 e. The van der Waals surface area contributed by atoms with Gasteiger partial charge in [0.1, 0.15) is 0 Å². The second-order valence-electron chi connectivity index (χ2n) is 3.97. The summed E-state index contributed by atoms with van der Waals surface area (Å²) in [6, 6.07) is 0.557. The Labute approximate surface area is 89.4 Å². The van der Waals surface area contributed by atoms with Crippen LogP contribution < -0.4 is 0 Å². The molecule has 1 aliphatic rings. The number of hydrogen-bond acceptors (Lipinski definition) is 2. The zero-order valence-corrected chi connectivity index (χ0v) is 9.08. The molecule has 2 rings (SSSR count). The third-order valence-corrected chi connectivity index (χ3v) is 3.17. The molecule has 1 aliphatic carbocycles. The van der Waals surface area contributed by atoms with Gasteiger partial charge < -0.3 is 0 Å². The van der Waals surface area contributed by atoms with E-state index in [1.165, 1.54) is 38.5 Å². The van der Waals surface area contributed by atoms with Crippen molar-refractivity contribution < 1.29 is 0 Å². The summed E-state index contributed by atoms with van der Waals surface area (Å²) < 4.78 is 2.00. The first kappa shape index (κ1) is 9.97. The van der Waals surface area contributed by atoms with Gasteiger partial charge in [0.25, 0.3) is 0 Å². The summed E-state index contributed by atoms with van der Waals surface area (Å²) in [5, 5.41) is 8.16. The highest BCUT2D eigenvalue weighted by atomic mass is 35.5. The lowest BCUT2D eigenvalue weighted by molar-refractivity contribution is 0.396. The van der Waals surface area contributed by atoms with Crippen LogP contribution in [0.3, 0.4) is 0 Å². The molecule has 0 amide bonds. The van der Waals surface area contributed by atoms with Gasteiger partial charge in [0.2, 0.25) is 0 Å². The van der Waals surface area contributed by atoms with Crippen LogP contribution in [0.15, 0.2) is 6.20 Å². The molecule has 1 saturated carbocycles. The molecule has 4 heteroatoms. The number of nitrogens with zero attached hydrogens (tertiary/aromatic N) is 3. The molecule has 0 spiro atoms. The molecular weight excluding hydrogens is 198 g/mol. The third kappa shape index (κ3) is 2.27. The fraction of sp³-hybridized carbons (Fsp3) is 0.800. The first-order valence-electron chi connectivity index (χ1n) is 5.37. The molecule has 14 heavy (non-hydrogen) atoms. The SMILES string of the molecule is ClCc1cn(C2CCCCCC2)nn1. The lowest BCUT2D eigenvalue weighted by Gasteiger charge is -2.12. The second kappa shape index (κ2) is 4.78. The molecule has 0 aliphatic heterocycles. The van der Waals surface area contributed by atoms with E-state index >= 15 is 0 Å². The van der Waals surface area contributed by atoms with E-state index in [9.17, 15) is 0 Å². The van der Waals surface area contributed by atoms with Gasteiger partial charge in [0, 0.05) is 6.20 Å². The maximum Gasteiger partial charge on any atom is 0.0974 e. The Hall–Kier alpha value is -0.570. The van der Waals surface area contributed by atoms with E-state index in [0.717, 1.165) is 5.69 Å². The van der Waals surface area contributed by atoms with Gasteiger partial charge in [-0.25, -0.2) is 4.68 Å². The van der Waals surface area contributed by atoms with Crippen LogP contribution >= 0.6 is 11.6 Å². The summed E-state index contributed by atoms with van der Waals surface area (Å²) in [4.78, 5) is 0. The molecule has 0 saturated heterocycles. The fourth-order valence-electron chi connectivity index (χ4n) is 2.08. The van der Waals surface area contributed by atoms with Gasteiger partial charge in [-0.2, -0.15) is 0 Å². The summed E-state index contributed by atoms with van der Waals surface area (Å²) in [5.74, 6) is 0.465. The van der Waals surface area contributed by atoms with Crippen molar-refractivity contribution in [3.05, 3.63) is 11.9 Å². The van der Waals surface area contributed by atoms with Crippen LogP contribution in [0.1, 0.15) is 50.3 Å². The van der Waals surface area contributed by atoms with Crippen LogP contribution in [0.2, 0.25) is 0 Å². The molecule has 78 valence electrons. The van der Waals surface area contributed by atoms with Crippen LogP contribution in [0.5, 0.6) is 0 Å². The Morgan fingerprint density at radius 2 is 2.00 bits per heavy atom. The maximum absolute atomic E-state index is 5.70. The smallest absolute Gasteiger partial charge is 0.0974 e. The molecule has 1 aromatic heterocycles. The Bertz CT molecular complexity index is 277. The normalized spacial score (nSPS) is 19.5. The highest BCUT2D eigenvalue weighted by Gasteiger charge is 2.15. The van der Waals surface area contributed by atoms with Crippen molar-refractivity contribution in [2.45, 2.75) is 50.4 Å². The molecule has 0 bridgehead atoms. The lowest BCUT2D eigenvalue weighted by Crippen LogP contribution is -2.08. The van der Waals surface area contributed by atoms with Crippen molar-refractivity contribution in [2.24, 2.45) is 0 Å². The topological polar surface area (TPSA) is 30.7 Å². The van der Waals surface area contributed by atoms with Gasteiger partial charge in [-0.15, -0.1) is 16.7 Å². The predicted molar refractivity (Wildman–Crippen MR) is 56.3 cm³/mol. The lowest BCUT2D eigenvalue weighted by atomic mass is 10.1. The molecule has 1 fully saturated rings. The van der Waals surface area contributed by atoms with Crippen molar-refractivity contribution in [1.82, 2.24) is 15.0 Å². The van der Waals surface area contributed by atoms with E-state index in [-0.39, 0.29) is 0 Å². The van der Waals surface area contributed by atoms with Crippen molar-refractivity contribution >= 4 is 11.6 Å². The van der Waals surface area contributed by atoms with Crippen molar-refractivity contribution in [3.63, 3.8) is 0 Å². The molecule has 1 heterocycles. The van der Waals surface area contributed by atoms with Gasteiger partial charge in [0.15, 0.2) is 0 Å². The predicted octanol–water partition coefficient (Wildman–Crippen LogP) is 2.91. The number of alkyl halides is 1. The minimum absolute atomic E-state index is 0.465. The zero-order valence-electron chi connectivity index (χ0n) is 8.32. The number of rotatable bonds is 2. The Balaban J connectivity index is 2.04.